The summed E-state index contributed by atoms with van der Waals surface area (Å²) < 4.78 is 5.80. The van der Waals surface area contributed by atoms with Crippen molar-refractivity contribution in [2.24, 2.45) is 5.41 Å². The Labute approximate surface area is 107 Å². The van der Waals surface area contributed by atoms with Crippen LogP contribution in [-0.4, -0.2) is 24.8 Å². The van der Waals surface area contributed by atoms with E-state index in [0.717, 1.165) is 32.3 Å². The van der Waals surface area contributed by atoms with Crippen molar-refractivity contribution >= 4 is 0 Å². The molecule has 0 saturated heterocycles. The molecule has 98 valence electrons. The van der Waals surface area contributed by atoms with E-state index in [1.54, 1.807) is 0 Å². The first-order valence-corrected chi connectivity index (χ1v) is 6.96. The summed E-state index contributed by atoms with van der Waals surface area (Å²) in [4.78, 5) is 0. The largest absolute Gasteiger partial charge is 0.378 e. The van der Waals surface area contributed by atoms with Gasteiger partial charge in [-0.2, -0.15) is 0 Å². The average Bonchev–Trinajstić information content (AvgIpc) is 2.35. The maximum Gasteiger partial charge on any atom is 0.0689 e. The van der Waals surface area contributed by atoms with E-state index in [2.05, 4.69) is 38.9 Å². The summed E-state index contributed by atoms with van der Waals surface area (Å²) in [6, 6.07) is 0.732. The number of terminal acetylenes is 1. The minimum atomic E-state index is 0.221. The fourth-order valence-corrected chi connectivity index (χ4v) is 2.75. The molecule has 0 aliphatic heterocycles. The minimum absolute atomic E-state index is 0.221. The fraction of sp³-hybridized carbons (Fsp3) is 0.867. The van der Waals surface area contributed by atoms with Crippen LogP contribution in [0.4, 0.5) is 0 Å². The van der Waals surface area contributed by atoms with E-state index in [0.29, 0.717) is 12.1 Å². The van der Waals surface area contributed by atoms with E-state index < -0.39 is 0 Å². The van der Waals surface area contributed by atoms with Crippen LogP contribution in [0.5, 0.6) is 0 Å². The van der Waals surface area contributed by atoms with Gasteiger partial charge in [-0.15, -0.1) is 6.42 Å². The van der Waals surface area contributed by atoms with Gasteiger partial charge >= 0.3 is 0 Å². The predicted molar refractivity (Wildman–Crippen MR) is 72.9 cm³/mol. The lowest BCUT2D eigenvalue weighted by Gasteiger charge is -2.54. The number of nitrogens with one attached hydrogen (secondary N) is 1. The molecule has 0 aromatic rings. The predicted octanol–water partition coefficient (Wildman–Crippen LogP) is 2.97. The molecule has 4 atom stereocenters. The lowest BCUT2D eigenvalue weighted by Crippen LogP contribution is -2.63. The quantitative estimate of drug-likeness (QED) is 0.687. The molecular weight excluding hydrogens is 210 g/mol. The normalized spacial score (nSPS) is 33.8. The Morgan fingerprint density at radius 2 is 2.18 bits per heavy atom. The van der Waals surface area contributed by atoms with Crippen LogP contribution in [0.15, 0.2) is 0 Å². The first kappa shape index (κ1) is 14.5. The zero-order valence-corrected chi connectivity index (χ0v) is 11.8. The van der Waals surface area contributed by atoms with Crippen LogP contribution in [0.3, 0.4) is 0 Å². The van der Waals surface area contributed by atoms with E-state index in [1.165, 1.54) is 0 Å². The molecular formula is C15H27NO. The van der Waals surface area contributed by atoms with Crippen molar-refractivity contribution in [1.82, 2.24) is 5.32 Å². The van der Waals surface area contributed by atoms with Gasteiger partial charge in [-0.3, -0.25) is 0 Å². The van der Waals surface area contributed by atoms with Crippen molar-refractivity contribution in [2.45, 2.75) is 71.6 Å². The number of hydrogen-bond donors (Lipinski definition) is 1. The second-order valence-electron chi connectivity index (χ2n) is 5.27. The fourth-order valence-electron chi connectivity index (χ4n) is 2.75. The van der Waals surface area contributed by atoms with E-state index in [4.69, 9.17) is 11.2 Å². The summed E-state index contributed by atoms with van der Waals surface area (Å²) >= 11 is 0. The van der Waals surface area contributed by atoms with Crippen molar-refractivity contribution in [3.8, 4) is 12.3 Å². The Bertz CT molecular complexity index is 271. The van der Waals surface area contributed by atoms with Gasteiger partial charge in [-0.05, 0) is 26.2 Å². The van der Waals surface area contributed by atoms with Gasteiger partial charge in [0.05, 0.1) is 12.1 Å². The SMILES string of the molecule is C#CC(CCC)NC1CC(OCC)C1(C)CC. The summed E-state index contributed by atoms with van der Waals surface area (Å²) in [7, 11) is 0. The van der Waals surface area contributed by atoms with E-state index in [1.807, 2.05) is 0 Å². The molecule has 1 aliphatic carbocycles. The second kappa shape index (κ2) is 6.42. The van der Waals surface area contributed by atoms with Gasteiger partial charge in [0, 0.05) is 18.1 Å². The van der Waals surface area contributed by atoms with Crippen LogP contribution < -0.4 is 5.32 Å². The average molecular weight is 237 g/mol. The Kier molecular flexibility index (Phi) is 5.49. The standard InChI is InChI=1S/C15H27NO/c1-6-10-12(7-2)16-13-11-14(17-9-4)15(13,5)8-3/h2,12-14,16H,6,8-11H2,1,3-5H3. The first-order chi connectivity index (χ1) is 8.12. The second-order valence-corrected chi connectivity index (χ2v) is 5.27. The highest BCUT2D eigenvalue weighted by molar-refractivity contribution is 5.09. The first-order valence-electron chi connectivity index (χ1n) is 6.96. The van der Waals surface area contributed by atoms with Crippen LogP contribution in [0.1, 0.15) is 53.4 Å². The smallest absolute Gasteiger partial charge is 0.0689 e. The maximum atomic E-state index is 5.80. The summed E-state index contributed by atoms with van der Waals surface area (Å²) in [5.41, 5.74) is 0.249. The Hall–Kier alpha value is -0.520. The van der Waals surface area contributed by atoms with Crippen LogP contribution in [0.25, 0.3) is 0 Å². The monoisotopic (exact) mass is 237 g/mol. The molecule has 0 aromatic carbocycles. The van der Waals surface area contributed by atoms with Crippen molar-refractivity contribution in [2.75, 3.05) is 6.61 Å². The number of ether oxygens (including phenoxy) is 1. The molecule has 0 bridgehead atoms. The highest BCUT2D eigenvalue weighted by Gasteiger charge is 2.51. The Morgan fingerprint density at radius 1 is 1.47 bits per heavy atom. The molecule has 0 amide bonds. The van der Waals surface area contributed by atoms with E-state index >= 15 is 0 Å². The summed E-state index contributed by atoms with van der Waals surface area (Å²) in [5, 5.41) is 3.62. The molecule has 0 radical (unpaired) electrons. The summed E-state index contributed by atoms with van der Waals surface area (Å²) in [6.45, 7) is 9.60. The molecule has 2 heteroatoms. The third-order valence-electron chi connectivity index (χ3n) is 4.29. The van der Waals surface area contributed by atoms with E-state index in [9.17, 15) is 0 Å². The molecule has 2 nitrogen and oxygen atoms in total. The van der Waals surface area contributed by atoms with Crippen molar-refractivity contribution in [3.63, 3.8) is 0 Å². The van der Waals surface area contributed by atoms with Crippen LogP contribution in [0.2, 0.25) is 0 Å². The lowest BCUT2D eigenvalue weighted by molar-refractivity contribution is -0.127. The highest BCUT2D eigenvalue weighted by atomic mass is 16.5. The third-order valence-corrected chi connectivity index (χ3v) is 4.29. The molecule has 1 saturated carbocycles. The summed E-state index contributed by atoms with van der Waals surface area (Å²) in [6.07, 6.45) is 10.4. The van der Waals surface area contributed by atoms with Crippen LogP contribution >= 0.6 is 0 Å². The third kappa shape index (κ3) is 3.03. The molecule has 0 heterocycles. The molecule has 0 spiro atoms. The molecule has 4 unspecified atom stereocenters. The van der Waals surface area contributed by atoms with Gasteiger partial charge < -0.3 is 10.1 Å². The molecule has 1 rings (SSSR count). The lowest BCUT2D eigenvalue weighted by atomic mass is 9.61. The molecule has 17 heavy (non-hydrogen) atoms. The molecule has 1 aliphatic rings. The zero-order chi connectivity index (χ0) is 12.9. The minimum Gasteiger partial charge on any atom is -0.378 e. The molecule has 0 aromatic heterocycles. The summed E-state index contributed by atoms with van der Waals surface area (Å²) in [5.74, 6) is 2.86. The topological polar surface area (TPSA) is 21.3 Å². The highest BCUT2D eigenvalue weighted by Crippen LogP contribution is 2.46. The Balaban J connectivity index is 2.53. The maximum absolute atomic E-state index is 5.80. The molecule has 1 N–H and O–H groups in total. The van der Waals surface area contributed by atoms with Crippen molar-refractivity contribution in [1.29, 1.82) is 0 Å². The van der Waals surface area contributed by atoms with Gasteiger partial charge in [-0.25, -0.2) is 0 Å². The van der Waals surface area contributed by atoms with Crippen LogP contribution in [0, 0.1) is 17.8 Å². The van der Waals surface area contributed by atoms with Crippen LogP contribution in [-0.2, 0) is 4.74 Å². The van der Waals surface area contributed by atoms with Gasteiger partial charge in [0.25, 0.3) is 0 Å². The van der Waals surface area contributed by atoms with Gasteiger partial charge in [0.15, 0.2) is 0 Å². The van der Waals surface area contributed by atoms with Crippen molar-refractivity contribution in [3.05, 3.63) is 0 Å². The van der Waals surface area contributed by atoms with E-state index in [-0.39, 0.29) is 11.5 Å². The van der Waals surface area contributed by atoms with Crippen molar-refractivity contribution < 1.29 is 4.74 Å². The molecule has 1 fully saturated rings. The Morgan fingerprint density at radius 3 is 2.65 bits per heavy atom. The van der Waals surface area contributed by atoms with Gasteiger partial charge in [0.1, 0.15) is 0 Å². The number of rotatable bonds is 7. The number of hydrogen-bond acceptors (Lipinski definition) is 2. The van der Waals surface area contributed by atoms with Gasteiger partial charge in [-0.1, -0.05) is 33.1 Å². The van der Waals surface area contributed by atoms with Gasteiger partial charge in [0.2, 0.25) is 0 Å². The zero-order valence-electron chi connectivity index (χ0n) is 11.8.